The lowest BCUT2D eigenvalue weighted by Crippen LogP contribution is -2.39. The smallest absolute Gasteiger partial charge is 0.0330 e. The molecule has 0 saturated carbocycles. The molecule has 0 amide bonds. The third-order valence-corrected chi connectivity index (χ3v) is 2.92. The van der Waals surface area contributed by atoms with Gasteiger partial charge >= 0.3 is 0 Å². The fraction of sp³-hybridized carbons (Fsp3) is 0.333. The Labute approximate surface area is 101 Å². The molecule has 2 unspecified atom stereocenters. The molecule has 2 atom stereocenters. The van der Waals surface area contributed by atoms with Crippen LogP contribution in [-0.4, -0.2) is 25.4 Å². The Morgan fingerprint density at radius 3 is 1.82 bits per heavy atom. The normalized spacial score (nSPS) is 31.5. The van der Waals surface area contributed by atoms with Crippen LogP contribution >= 0.6 is 0 Å². The molecule has 0 aliphatic carbocycles. The van der Waals surface area contributed by atoms with Crippen molar-refractivity contribution >= 4 is 0 Å². The van der Waals surface area contributed by atoms with E-state index in [1.807, 2.05) is 0 Å². The third-order valence-electron chi connectivity index (χ3n) is 2.92. The lowest BCUT2D eigenvalue weighted by molar-refractivity contribution is 0.557. The summed E-state index contributed by atoms with van der Waals surface area (Å²) < 4.78 is 0. The van der Waals surface area contributed by atoms with Gasteiger partial charge < -0.3 is 16.0 Å². The molecule has 4 N–H and O–H groups in total. The minimum atomic E-state index is -0.00134. The Kier molecular flexibility index (Phi) is 2.96. The average Bonchev–Trinajstić information content (AvgIpc) is 2.90. The molecule has 0 aromatic rings. The van der Waals surface area contributed by atoms with Crippen LogP contribution in [0.2, 0.25) is 0 Å². The molecule has 0 radical (unpaired) electrons. The second kappa shape index (κ2) is 4.75. The fourth-order valence-electron chi connectivity index (χ4n) is 2.02. The van der Waals surface area contributed by atoms with E-state index in [9.17, 15) is 0 Å². The second-order valence-electron chi connectivity index (χ2n) is 4.10. The molecule has 0 aromatic heterocycles. The largest absolute Gasteiger partial charge is 0.620 e. The van der Waals surface area contributed by atoms with Gasteiger partial charge in [-0.3, -0.25) is 10.9 Å². The molecule has 3 aliphatic rings. The Bertz CT molecular complexity index is 369. The van der Waals surface area contributed by atoms with Crippen LogP contribution in [0.4, 0.5) is 0 Å². The number of hydrogen-bond donors (Lipinski definition) is 4. The Morgan fingerprint density at radius 2 is 1.41 bits per heavy atom. The number of allylic oxidation sites excluding steroid dienone is 4. The van der Waals surface area contributed by atoms with Gasteiger partial charge in [-0.25, -0.2) is 0 Å². The van der Waals surface area contributed by atoms with Crippen molar-refractivity contribution in [1.82, 2.24) is 21.5 Å². The van der Waals surface area contributed by atoms with Gasteiger partial charge in [0.25, 0.3) is 0 Å². The molecule has 90 valence electrons. The minimum absolute atomic E-state index is 0.00134. The summed E-state index contributed by atoms with van der Waals surface area (Å²) in [5.74, 6) is 0. The molecule has 5 heteroatoms. The lowest BCUT2D eigenvalue weighted by Gasteiger charge is -2.32. The van der Waals surface area contributed by atoms with Crippen molar-refractivity contribution in [3.8, 4) is 0 Å². The molecule has 1 fully saturated rings. The number of rotatable bonds is 2. The van der Waals surface area contributed by atoms with E-state index in [0.717, 1.165) is 24.5 Å². The molecule has 0 bridgehead atoms. The SMILES string of the molecule is C1=CCNC(C2[N-]C(C3=CC=CCN3)NN2)=C1. The van der Waals surface area contributed by atoms with Gasteiger partial charge in [-0.2, -0.15) is 0 Å². The first-order chi connectivity index (χ1) is 8.43. The fourth-order valence-corrected chi connectivity index (χ4v) is 2.02. The van der Waals surface area contributed by atoms with E-state index in [1.165, 1.54) is 0 Å². The van der Waals surface area contributed by atoms with E-state index < -0.39 is 0 Å². The maximum absolute atomic E-state index is 4.68. The highest BCUT2D eigenvalue weighted by Gasteiger charge is 2.17. The van der Waals surface area contributed by atoms with Crippen molar-refractivity contribution in [1.29, 1.82) is 0 Å². The van der Waals surface area contributed by atoms with E-state index in [-0.39, 0.29) is 12.3 Å². The molecule has 17 heavy (non-hydrogen) atoms. The number of dihydropyridines is 2. The van der Waals surface area contributed by atoms with Crippen LogP contribution in [0.1, 0.15) is 0 Å². The monoisotopic (exact) mass is 230 g/mol. The minimum Gasteiger partial charge on any atom is -0.620 e. The number of hydrazine groups is 1. The zero-order valence-corrected chi connectivity index (χ0v) is 9.48. The quantitative estimate of drug-likeness (QED) is 0.547. The third kappa shape index (κ3) is 2.26. The Morgan fingerprint density at radius 1 is 0.882 bits per heavy atom. The predicted octanol–water partition coefficient (Wildman–Crippen LogP) is 0.207. The molecule has 0 aromatic carbocycles. The molecule has 1 saturated heterocycles. The summed E-state index contributed by atoms with van der Waals surface area (Å²) in [6.45, 7) is 1.74. The molecule has 5 nitrogen and oxygen atoms in total. The van der Waals surface area contributed by atoms with Crippen molar-refractivity contribution in [2.24, 2.45) is 0 Å². The van der Waals surface area contributed by atoms with Crippen molar-refractivity contribution < 1.29 is 0 Å². The highest BCUT2D eigenvalue weighted by Crippen LogP contribution is 2.20. The Hall–Kier alpha value is -1.56. The summed E-state index contributed by atoms with van der Waals surface area (Å²) >= 11 is 0. The van der Waals surface area contributed by atoms with Gasteiger partial charge in [-0.15, -0.1) is 0 Å². The lowest BCUT2D eigenvalue weighted by atomic mass is 10.2. The summed E-state index contributed by atoms with van der Waals surface area (Å²) in [5, 5.41) is 11.3. The van der Waals surface area contributed by atoms with Crippen LogP contribution in [-0.2, 0) is 0 Å². The molecule has 0 spiro atoms. The molecule has 3 rings (SSSR count). The summed E-state index contributed by atoms with van der Waals surface area (Å²) in [6.07, 6.45) is 12.4. The van der Waals surface area contributed by atoms with Gasteiger partial charge in [-0.1, -0.05) is 24.3 Å². The van der Waals surface area contributed by atoms with Crippen molar-refractivity contribution in [2.75, 3.05) is 13.1 Å². The summed E-state index contributed by atoms with van der Waals surface area (Å²) in [4.78, 5) is 0. The maximum atomic E-state index is 4.68. The van der Waals surface area contributed by atoms with Gasteiger partial charge in [-0.05, 0) is 24.5 Å². The predicted molar refractivity (Wildman–Crippen MR) is 67.7 cm³/mol. The molecular formula is C12H16N5-. The van der Waals surface area contributed by atoms with Gasteiger partial charge in [0.15, 0.2) is 0 Å². The van der Waals surface area contributed by atoms with Gasteiger partial charge in [0.1, 0.15) is 0 Å². The number of nitrogens with zero attached hydrogens (tertiary/aromatic N) is 1. The van der Waals surface area contributed by atoms with Crippen LogP contribution in [0.25, 0.3) is 5.32 Å². The average molecular weight is 230 g/mol. The van der Waals surface area contributed by atoms with Crippen LogP contribution in [0.3, 0.4) is 0 Å². The van der Waals surface area contributed by atoms with Gasteiger partial charge in [0.05, 0.1) is 0 Å². The first kappa shape index (κ1) is 10.6. The highest BCUT2D eigenvalue weighted by atomic mass is 15.6. The van der Waals surface area contributed by atoms with E-state index in [2.05, 4.69) is 63.3 Å². The van der Waals surface area contributed by atoms with E-state index >= 15 is 0 Å². The summed E-state index contributed by atoms with van der Waals surface area (Å²) in [6, 6.07) is 0. The van der Waals surface area contributed by atoms with E-state index in [0.29, 0.717) is 0 Å². The first-order valence-electron chi connectivity index (χ1n) is 5.86. The van der Waals surface area contributed by atoms with Crippen molar-refractivity contribution in [3.63, 3.8) is 0 Å². The van der Waals surface area contributed by atoms with Crippen LogP contribution in [0, 0.1) is 0 Å². The van der Waals surface area contributed by atoms with Gasteiger partial charge in [0, 0.05) is 24.5 Å². The van der Waals surface area contributed by atoms with Crippen LogP contribution < -0.4 is 21.5 Å². The van der Waals surface area contributed by atoms with Crippen molar-refractivity contribution in [3.05, 3.63) is 53.2 Å². The summed E-state index contributed by atoms with van der Waals surface area (Å²) in [7, 11) is 0. The van der Waals surface area contributed by atoms with E-state index in [4.69, 9.17) is 0 Å². The van der Waals surface area contributed by atoms with Crippen molar-refractivity contribution in [2.45, 2.75) is 12.3 Å². The number of nitrogens with one attached hydrogen (secondary N) is 4. The molecule has 3 heterocycles. The van der Waals surface area contributed by atoms with Crippen LogP contribution in [0.5, 0.6) is 0 Å². The molecular weight excluding hydrogens is 214 g/mol. The van der Waals surface area contributed by atoms with Crippen LogP contribution in [0.15, 0.2) is 47.9 Å². The second-order valence-corrected chi connectivity index (χ2v) is 4.10. The first-order valence-corrected chi connectivity index (χ1v) is 5.86. The number of hydrogen-bond acceptors (Lipinski definition) is 4. The maximum Gasteiger partial charge on any atom is 0.0330 e. The highest BCUT2D eigenvalue weighted by molar-refractivity contribution is 5.33. The zero-order valence-electron chi connectivity index (χ0n) is 9.48. The Balaban J connectivity index is 1.65. The standard InChI is InChI=1S/C12H16N5/c1-3-7-13-9(5-1)11-15-12(17-16-11)10-6-2-4-8-14-10/h1-6,11-14,16-17H,7-8H2/q-1. The molecule has 3 aliphatic heterocycles. The van der Waals surface area contributed by atoms with Gasteiger partial charge in [0.2, 0.25) is 0 Å². The summed E-state index contributed by atoms with van der Waals surface area (Å²) in [5.41, 5.74) is 8.59. The van der Waals surface area contributed by atoms with E-state index in [1.54, 1.807) is 0 Å². The zero-order chi connectivity index (χ0) is 11.5. The topological polar surface area (TPSA) is 62.2 Å².